The second-order valence-electron chi connectivity index (χ2n) is 3.64. The highest BCUT2D eigenvalue weighted by atomic mass is 32.2. The minimum Gasteiger partial charge on any atom is -0.263 e. The fraction of sp³-hybridized carbons (Fsp3) is 0.0833. The van der Waals surface area contributed by atoms with Gasteiger partial charge in [0.2, 0.25) is 10.0 Å². The van der Waals surface area contributed by atoms with Gasteiger partial charge in [0.15, 0.2) is 0 Å². The SMILES string of the molecule is O=S(=O)(NCc1ccc(F)cc1)c1cccnc1. The molecule has 0 aliphatic heterocycles. The zero-order valence-corrected chi connectivity index (χ0v) is 10.2. The summed E-state index contributed by atoms with van der Waals surface area (Å²) < 4.78 is 38.8. The first-order valence-corrected chi connectivity index (χ1v) is 6.70. The van der Waals surface area contributed by atoms with Gasteiger partial charge in [0.1, 0.15) is 10.7 Å². The van der Waals surface area contributed by atoms with Gasteiger partial charge in [-0.25, -0.2) is 17.5 Å². The first kappa shape index (κ1) is 12.7. The molecule has 1 heterocycles. The molecule has 18 heavy (non-hydrogen) atoms. The van der Waals surface area contributed by atoms with Crippen LogP contribution >= 0.6 is 0 Å². The Morgan fingerprint density at radius 3 is 2.50 bits per heavy atom. The van der Waals surface area contributed by atoms with Crippen LogP contribution in [-0.4, -0.2) is 13.4 Å². The molecular weight excluding hydrogens is 255 g/mol. The molecule has 0 radical (unpaired) electrons. The van der Waals surface area contributed by atoms with Gasteiger partial charge in [-0.15, -0.1) is 0 Å². The number of hydrogen-bond acceptors (Lipinski definition) is 3. The van der Waals surface area contributed by atoms with Crippen LogP contribution in [0.25, 0.3) is 0 Å². The third-order valence-electron chi connectivity index (χ3n) is 2.32. The molecule has 6 heteroatoms. The number of aromatic nitrogens is 1. The average molecular weight is 266 g/mol. The molecule has 2 aromatic rings. The van der Waals surface area contributed by atoms with Gasteiger partial charge in [-0.2, -0.15) is 0 Å². The second kappa shape index (κ2) is 5.24. The van der Waals surface area contributed by atoms with Gasteiger partial charge >= 0.3 is 0 Å². The predicted octanol–water partition coefficient (Wildman–Crippen LogP) is 1.70. The number of sulfonamides is 1. The van der Waals surface area contributed by atoms with Crippen molar-refractivity contribution >= 4 is 10.0 Å². The Balaban J connectivity index is 2.08. The van der Waals surface area contributed by atoms with E-state index in [2.05, 4.69) is 9.71 Å². The van der Waals surface area contributed by atoms with Crippen molar-refractivity contribution in [2.45, 2.75) is 11.4 Å². The van der Waals surface area contributed by atoms with E-state index in [1.165, 1.54) is 42.7 Å². The molecule has 0 aliphatic carbocycles. The van der Waals surface area contributed by atoms with Crippen molar-refractivity contribution in [1.29, 1.82) is 0 Å². The summed E-state index contributed by atoms with van der Waals surface area (Å²) >= 11 is 0. The minimum absolute atomic E-state index is 0.104. The molecule has 0 saturated heterocycles. The fourth-order valence-corrected chi connectivity index (χ4v) is 2.35. The van der Waals surface area contributed by atoms with Crippen LogP contribution < -0.4 is 4.72 Å². The zero-order valence-electron chi connectivity index (χ0n) is 9.38. The lowest BCUT2D eigenvalue weighted by Gasteiger charge is -2.06. The molecule has 1 aromatic carbocycles. The molecule has 0 spiro atoms. The Labute approximate surface area is 105 Å². The van der Waals surface area contributed by atoms with E-state index in [1.54, 1.807) is 6.07 Å². The van der Waals surface area contributed by atoms with Crippen molar-refractivity contribution in [3.63, 3.8) is 0 Å². The van der Waals surface area contributed by atoms with Crippen molar-refractivity contribution in [2.75, 3.05) is 0 Å². The maximum absolute atomic E-state index is 12.7. The van der Waals surface area contributed by atoms with Gasteiger partial charge in [0, 0.05) is 18.9 Å². The number of nitrogens with one attached hydrogen (secondary N) is 1. The van der Waals surface area contributed by atoms with E-state index in [-0.39, 0.29) is 17.3 Å². The van der Waals surface area contributed by atoms with E-state index in [9.17, 15) is 12.8 Å². The highest BCUT2D eigenvalue weighted by molar-refractivity contribution is 7.89. The van der Waals surface area contributed by atoms with Crippen LogP contribution in [0.5, 0.6) is 0 Å². The summed E-state index contributed by atoms with van der Waals surface area (Å²) in [5.74, 6) is -0.353. The quantitative estimate of drug-likeness (QED) is 0.916. The molecule has 94 valence electrons. The van der Waals surface area contributed by atoms with Crippen LogP contribution in [0.4, 0.5) is 4.39 Å². The van der Waals surface area contributed by atoms with Crippen LogP contribution in [0.1, 0.15) is 5.56 Å². The summed E-state index contributed by atoms with van der Waals surface area (Å²) in [7, 11) is -3.57. The summed E-state index contributed by atoms with van der Waals surface area (Å²) in [5.41, 5.74) is 0.684. The number of halogens is 1. The van der Waals surface area contributed by atoms with Crippen LogP contribution in [0.2, 0.25) is 0 Å². The largest absolute Gasteiger partial charge is 0.263 e. The van der Waals surface area contributed by atoms with Crippen LogP contribution in [0.15, 0.2) is 53.7 Å². The molecule has 1 N–H and O–H groups in total. The van der Waals surface area contributed by atoms with E-state index in [0.717, 1.165) is 0 Å². The summed E-state index contributed by atoms with van der Waals surface area (Å²) in [6.45, 7) is 0.109. The molecule has 1 aromatic heterocycles. The highest BCUT2D eigenvalue weighted by Crippen LogP contribution is 2.08. The van der Waals surface area contributed by atoms with E-state index in [4.69, 9.17) is 0 Å². The Morgan fingerprint density at radius 2 is 1.89 bits per heavy atom. The molecule has 0 unspecified atom stereocenters. The average Bonchev–Trinajstić information content (AvgIpc) is 2.39. The topological polar surface area (TPSA) is 59.1 Å². The molecular formula is C12H11FN2O2S. The molecule has 2 rings (SSSR count). The van der Waals surface area contributed by atoms with Gasteiger partial charge in [0.05, 0.1) is 0 Å². The molecule has 0 amide bonds. The Kier molecular flexibility index (Phi) is 3.69. The normalized spacial score (nSPS) is 11.4. The Hall–Kier alpha value is -1.79. The highest BCUT2D eigenvalue weighted by Gasteiger charge is 2.13. The molecule has 0 bridgehead atoms. The molecule has 0 aliphatic rings. The zero-order chi connectivity index (χ0) is 13.0. The van der Waals surface area contributed by atoms with Gasteiger partial charge < -0.3 is 0 Å². The first-order valence-electron chi connectivity index (χ1n) is 5.22. The number of nitrogens with zero attached hydrogens (tertiary/aromatic N) is 1. The first-order chi connectivity index (χ1) is 8.58. The number of rotatable bonds is 4. The third-order valence-corrected chi connectivity index (χ3v) is 3.71. The predicted molar refractivity (Wildman–Crippen MR) is 64.7 cm³/mol. The lowest BCUT2D eigenvalue weighted by molar-refractivity contribution is 0.580. The summed E-state index contributed by atoms with van der Waals surface area (Å²) in [6, 6.07) is 8.63. The van der Waals surface area contributed by atoms with Gasteiger partial charge in [-0.05, 0) is 29.8 Å². The molecule has 0 saturated carbocycles. The number of pyridine rings is 1. The van der Waals surface area contributed by atoms with Crippen molar-refractivity contribution in [3.05, 3.63) is 60.2 Å². The number of benzene rings is 1. The molecule has 0 atom stereocenters. The van der Waals surface area contributed by atoms with Crippen molar-refractivity contribution in [1.82, 2.24) is 9.71 Å². The lowest BCUT2D eigenvalue weighted by atomic mass is 10.2. The maximum Gasteiger partial charge on any atom is 0.242 e. The monoisotopic (exact) mass is 266 g/mol. The van der Waals surface area contributed by atoms with Gasteiger partial charge in [0.25, 0.3) is 0 Å². The summed E-state index contributed by atoms with van der Waals surface area (Å²) in [5, 5.41) is 0. The van der Waals surface area contributed by atoms with Gasteiger partial charge in [-0.1, -0.05) is 12.1 Å². The van der Waals surface area contributed by atoms with Crippen molar-refractivity contribution in [3.8, 4) is 0 Å². The van der Waals surface area contributed by atoms with E-state index < -0.39 is 10.0 Å². The minimum atomic E-state index is -3.57. The smallest absolute Gasteiger partial charge is 0.242 e. The Bertz CT molecular complexity index is 612. The lowest BCUT2D eigenvalue weighted by Crippen LogP contribution is -2.23. The van der Waals surface area contributed by atoms with Crippen LogP contribution in [-0.2, 0) is 16.6 Å². The van der Waals surface area contributed by atoms with E-state index in [0.29, 0.717) is 5.56 Å². The fourth-order valence-electron chi connectivity index (χ4n) is 1.37. The van der Waals surface area contributed by atoms with Crippen molar-refractivity contribution in [2.24, 2.45) is 0 Å². The van der Waals surface area contributed by atoms with Gasteiger partial charge in [-0.3, -0.25) is 4.98 Å². The van der Waals surface area contributed by atoms with E-state index >= 15 is 0 Å². The Morgan fingerprint density at radius 1 is 1.17 bits per heavy atom. The summed E-state index contributed by atoms with van der Waals surface area (Å²) in [4.78, 5) is 3.85. The standard InChI is InChI=1S/C12H11FN2O2S/c13-11-5-3-10(4-6-11)8-15-18(16,17)12-2-1-7-14-9-12/h1-7,9,15H,8H2. The van der Waals surface area contributed by atoms with Crippen molar-refractivity contribution < 1.29 is 12.8 Å². The summed E-state index contributed by atoms with van der Waals surface area (Å²) in [6.07, 6.45) is 2.77. The third kappa shape index (κ3) is 3.12. The van der Waals surface area contributed by atoms with Crippen LogP contribution in [0, 0.1) is 5.82 Å². The second-order valence-corrected chi connectivity index (χ2v) is 5.41. The molecule has 4 nitrogen and oxygen atoms in total. The molecule has 0 fully saturated rings. The maximum atomic E-state index is 12.7. The van der Waals surface area contributed by atoms with Crippen LogP contribution in [0.3, 0.4) is 0 Å². The van der Waals surface area contributed by atoms with E-state index in [1.807, 2.05) is 0 Å². The number of hydrogen-bond donors (Lipinski definition) is 1.